The molecule has 1 saturated heterocycles. The second-order valence-electron chi connectivity index (χ2n) is 7.30. The average Bonchev–Trinajstić information content (AvgIpc) is 3.38. The largest absolute Gasteiger partial charge is 0.504 e. The molecule has 0 radical (unpaired) electrons. The average molecular weight is 407 g/mol. The van der Waals surface area contributed by atoms with Gasteiger partial charge in [0.05, 0.1) is 12.8 Å². The normalized spacial score (nSPS) is 16.8. The first-order valence-electron chi connectivity index (χ1n) is 10.1. The van der Waals surface area contributed by atoms with E-state index in [0.717, 1.165) is 23.0 Å². The lowest BCUT2D eigenvalue weighted by Crippen LogP contribution is -2.28. The summed E-state index contributed by atoms with van der Waals surface area (Å²) in [6.45, 7) is 5.36. The van der Waals surface area contributed by atoms with Crippen molar-refractivity contribution in [1.82, 2.24) is 4.90 Å². The molecule has 2 heterocycles. The molecule has 1 aliphatic heterocycles. The Bertz CT molecular complexity index is 1090. The van der Waals surface area contributed by atoms with Crippen molar-refractivity contribution in [1.29, 1.82) is 0 Å². The minimum Gasteiger partial charge on any atom is -0.504 e. The van der Waals surface area contributed by atoms with E-state index in [2.05, 4.69) is 10.3 Å². The predicted octanol–water partition coefficient (Wildman–Crippen LogP) is 4.02. The molecule has 1 amide bonds. The van der Waals surface area contributed by atoms with Gasteiger partial charge in [0, 0.05) is 49.1 Å². The van der Waals surface area contributed by atoms with Crippen molar-refractivity contribution in [2.75, 3.05) is 25.0 Å². The summed E-state index contributed by atoms with van der Waals surface area (Å²) in [5, 5.41) is 14.7. The van der Waals surface area contributed by atoms with Gasteiger partial charge in [-0.15, -0.1) is 0 Å². The number of furan rings is 1. The number of rotatable bonds is 5. The summed E-state index contributed by atoms with van der Waals surface area (Å²) in [6, 6.07) is 13.0. The van der Waals surface area contributed by atoms with Gasteiger partial charge >= 0.3 is 0 Å². The van der Waals surface area contributed by atoms with E-state index in [9.17, 15) is 9.90 Å². The number of nitrogens with one attached hydrogen (secondary N) is 1. The molecule has 4 rings (SSSR count). The van der Waals surface area contributed by atoms with Crippen molar-refractivity contribution in [3.63, 3.8) is 0 Å². The number of benzene rings is 2. The fourth-order valence-electron chi connectivity index (χ4n) is 3.60. The molecular formula is C23H25N3O4. The van der Waals surface area contributed by atoms with E-state index in [1.54, 1.807) is 30.2 Å². The lowest BCUT2D eigenvalue weighted by atomic mass is 10.1. The molecule has 0 aliphatic carbocycles. The van der Waals surface area contributed by atoms with Crippen molar-refractivity contribution in [3.05, 3.63) is 54.3 Å². The Balaban J connectivity index is 1.48. The van der Waals surface area contributed by atoms with E-state index in [0.29, 0.717) is 36.9 Å². The number of nitrogens with zero attached hydrogens (tertiary/aromatic N) is 2. The van der Waals surface area contributed by atoms with Crippen molar-refractivity contribution in [2.45, 2.75) is 26.4 Å². The summed E-state index contributed by atoms with van der Waals surface area (Å²) >= 11 is 0. The minimum absolute atomic E-state index is 0.0428. The standard InChI is InChI=1S/C23H25N3O4/c1-3-24-23(17-4-6-21-16(12-17)9-11-29-21)25-18-5-7-22(20(28)13-18)30-19-8-10-26(14-19)15(2)27/h4-7,9,11-13,19,28H,3,8,10,14H2,1-2H3,(H,24,25)/t19-/m0/s1. The van der Waals surface area contributed by atoms with Crippen LogP contribution in [0.25, 0.3) is 11.0 Å². The molecule has 0 saturated carbocycles. The Morgan fingerprint density at radius 2 is 2.17 bits per heavy atom. The molecule has 30 heavy (non-hydrogen) atoms. The summed E-state index contributed by atoms with van der Waals surface area (Å²) in [5.41, 5.74) is 2.46. The maximum absolute atomic E-state index is 11.5. The number of hydrogen-bond donors (Lipinski definition) is 2. The molecule has 1 aromatic heterocycles. The van der Waals surface area contributed by atoms with E-state index in [1.165, 1.54) is 0 Å². The summed E-state index contributed by atoms with van der Waals surface area (Å²) < 4.78 is 11.3. The van der Waals surface area contributed by atoms with Crippen LogP contribution in [0.1, 0.15) is 25.8 Å². The van der Waals surface area contributed by atoms with Gasteiger partial charge in [0.1, 0.15) is 17.5 Å². The van der Waals surface area contributed by atoms with Crippen LogP contribution in [0.2, 0.25) is 0 Å². The molecule has 156 valence electrons. The first kappa shape index (κ1) is 19.8. The van der Waals surface area contributed by atoms with Crippen LogP contribution < -0.4 is 10.1 Å². The number of anilines is 1. The fraction of sp³-hybridized carbons (Fsp3) is 0.304. The molecule has 1 atom stereocenters. The van der Waals surface area contributed by atoms with Gasteiger partial charge in [-0.3, -0.25) is 9.79 Å². The molecule has 0 bridgehead atoms. The van der Waals surface area contributed by atoms with Gasteiger partial charge in [0.2, 0.25) is 5.91 Å². The van der Waals surface area contributed by atoms with Gasteiger partial charge in [-0.05, 0) is 43.3 Å². The molecular weight excluding hydrogens is 382 g/mol. The first-order valence-corrected chi connectivity index (χ1v) is 10.1. The SMILES string of the molecule is CCN=C(Nc1ccc(O[C@H]2CCN(C(C)=O)C2)c(O)c1)c1ccc2occc2c1. The Morgan fingerprint density at radius 1 is 1.30 bits per heavy atom. The molecule has 3 aromatic rings. The molecule has 1 aliphatic rings. The zero-order chi connectivity index (χ0) is 21.1. The van der Waals surface area contributed by atoms with E-state index >= 15 is 0 Å². The number of likely N-dealkylation sites (tertiary alicyclic amines) is 1. The highest BCUT2D eigenvalue weighted by atomic mass is 16.5. The molecule has 0 unspecified atom stereocenters. The van der Waals surface area contributed by atoms with Gasteiger partial charge in [-0.2, -0.15) is 0 Å². The summed E-state index contributed by atoms with van der Waals surface area (Å²) in [6.07, 6.45) is 2.30. The number of hydrogen-bond acceptors (Lipinski definition) is 5. The van der Waals surface area contributed by atoms with E-state index in [-0.39, 0.29) is 17.8 Å². The zero-order valence-corrected chi connectivity index (χ0v) is 17.1. The number of carbonyl (C=O) groups is 1. The molecule has 7 heteroatoms. The molecule has 1 fully saturated rings. The number of phenolic OH excluding ortho intramolecular Hbond substituents is 1. The number of carbonyl (C=O) groups excluding carboxylic acids is 1. The lowest BCUT2D eigenvalue weighted by molar-refractivity contribution is -0.128. The van der Waals surface area contributed by atoms with Gasteiger partial charge < -0.3 is 24.5 Å². The first-order chi connectivity index (χ1) is 14.5. The van der Waals surface area contributed by atoms with Crippen LogP contribution in [-0.2, 0) is 4.79 Å². The van der Waals surface area contributed by atoms with Crippen molar-refractivity contribution < 1.29 is 19.1 Å². The lowest BCUT2D eigenvalue weighted by Gasteiger charge is -2.17. The Morgan fingerprint density at radius 3 is 2.90 bits per heavy atom. The van der Waals surface area contributed by atoms with Crippen LogP contribution >= 0.6 is 0 Å². The highest BCUT2D eigenvalue weighted by Crippen LogP contribution is 2.31. The van der Waals surface area contributed by atoms with Crippen LogP contribution in [0.4, 0.5) is 5.69 Å². The van der Waals surface area contributed by atoms with E-state index in [4.69, 9.17) is 9.15 Å². The number of ether oxygens (including phenoxy) is 1. The van der Waals surface area contributed by atoms with Gasteiger partial charge in [0.15, 0.2) is 11.5 Å². The Labute approximate surface area is 175 Å². The highest BCUT2D eigenvalue weighted by Gasteiger charge is 2.26. The summed E-state index contributed by atoms with van der Waals surface area (Å²) in [5.74, 6) is 1.20. The predicted molar refractivity (Wildman–Crippen MR) is 116 cm³/mol. The number of aliphatic imine (C=N–C) groups is 1. The second kappa shape index (κ2) is 8.49. The van der Waals surface area contributed by atoms with E-state index in [1.807, 2.05) is 37.3 Å². The third kappa shape index (κ3) is 4.25. The molecule has 2 N–H and O–H groups in total. The van der Waals surface area contributed by atoms with Crippen LogP contribution in [0.5, 0.6) is 11.5 Å². The van der Waals surface area contributed by atoms with Crippen LogP contribution in [0.3, 0.4) is 0 Å². The van der Waals surface area contributed by atoms with Crippen LogP contribution in [-0.4, -0.2) is 47.5 Å². The maximum Gasteiger partial charge on any atom is 0.219 e. The Kier molecular flexibility index (Phi) is 5.61. The topological polar surface area (TPSA) is 87.3 Å². The third-order valence-corrected chi connectivity index (χ3v) is 5.15. The quantitative estimate of drug-likeness (QED) is 0.493. The molecule has 0 spiro atoms. The number of amides is 1. The van der Waals surface area contributed by atoms with E-state index < -0.39 is 0 Å². The fourth-order valence-corrected chi connectivity index (χ4v) is 3.60. The van der Waals surface area contributed by atoms with Crippen molar-refractivity contribution >= 4 is 28.4 Å². The van der Waals surface area contributed by atoms with Gasteiger partial charge in [0.25, 0.3) is 0 Å². The van der Waals surface area contributed by atoms with Crippen LogP contribution in [0.15, 0.2) is 58.1 Å². The highest BCUT2D eigenvalue weighted by molar-refractivity contribution is 6.09. The maximum atomic E-state index is 11.5. The zero-order valence-electron chi connectivity index (χ0n) is 17.1. The monoisotopic (exact) mass is 407 g/mol. The summed E-state index contributed by atoms with van der Waals surface area (Å²) in [7, 11) is 0. The number of amidine groups is 1. The molecule has 7 nitrogen and oxygen atoms in total. The number of aromatic hydroxyl groups is 1. The van der Waals surface area contributed by atoms with Gasteiger partial charge in [-0.1, -0.05) is 0 Å². The minimum atomic E-state index is -0.113. The van der Waals surface area contributed by atoms with Gasteiger partial charge in [-0.25, -0.2) is 0 Å². The van der Waals surface area contributed by atoms with Crippen LogP contribution in [0, 0.1) is 0 Å². The molecule has 2 aromatic carbocycles. The van der Waals surface area contributed by atoms with Crippen molar-refractivity contribution in [2.24, 2.45) is 4.99 Å². The third-order valence-electron chi connectivity index (χ3n) is 5.15. The smallest absolute Gasteiger partial charge is 0.219 e. The van der Waals surface area contributed by atoms with Crippen molar-refractivity contribution in [3.8, 4) is 11.5 Å². The summed E-state index contributed by atoms with van der Waals surface area (Å²) in [4.78, 5) is 17.8. The number of fused-ring (bicyclic) bond motifs is 1. The second-order valence-corrected chi connectivity index (χ2v) is 7.30. The Hall–Kier alpha value is -3.48. The number of phenols is 1.